The van der Waals surface area contributed by atoms with Gasteiger partial charge in [0.25, 0.3) is 5.91 Å². The highest BCUT2D eigenvalue weighted by Gasteiger charge is 2.48. The summed E-state index contributed by atoms with van der Waals surface area (Å²) < 4.78 is 7.15. The number of hydrogen-bond donors (Lipinski definition) is 1. The van der Waals surface area contributed by atoms with E-state index in [0.717, 1.165) is 11.1 Å². The highest BCUT2D eigenvalue weighted by molar-refractivity contribution is 6.00. The van der Waals surface area contributed by atoms with E-state index in [0.29, 0.717) is 23.7 Å². The molecule has 0 aliphatic carbocycles. The maximum absolute atomic E-state index is 13.6. The van der Waals surface area contributed by atoms with Crippen molar-refractivity contribution in [3.63, 3.8) is 0 Å². The summed E-state index contributed by atoms with van der Waals surface area (Å²) in [4.78, 5) is 28.7. The largest absolute Gasteiger partial charge is 0.467 e. The van der Waals surface area contributed by atoms with Crippen molar-refractivity contribution in [2.75, 3.05) is 0 Å². The van der Waals surface area contributed by atoms with E-state index in [2.05, 4.69) is 10.4 Å². The van der Waals surface area contributed by atoms with Gasteiger partial charge in [-0.2, -0.15) is 5.10 Å². The molecule has 7 heteroatoms. The Kier molecular flexibility index (Phi) is 5.30. The van der Waals surface area contributed by atoms with Crippen molar-refractivity contribution in [2.24, 2.45) is 0 Å². The molecular formula is C26H24N4O3. The summed E-state index contributed by atoms with van der Waals surface area (Å²) >= 11 is 0. The first-order valence-corrected chi connectivity index (χ1v) is 10.8. The number of nitrogens with zero attached hydrogens (tertiary/aromatic N) is 3. The molecule has 0 bridgehead atoms. The van der Waals surface area contributed by atoms with Gasteiger partial charge in [-0.3, -0.25) is 14.3 Å². The van der Waals surface area contributed by atoms with Gasteiger partial charge in [-0.15, -0.1) is 0 Å². The lowest BCUT2D eigenvalue weighted by molar-refractivity contribution is -0.133. The second-order valence-electron chi connectivity index (χ2n) is 8.35. The summed E-state index contributed by atoms with van der Waals surface area (Å²) in [5, 5.41) is 7.67. The smallest absolute Gasteiger partial charge is 0.273 e. The highest BCUT2D eigenvalue weighted by Crippen LogP contribution is 2.31. The van der Waals surface area contributed by atoms with Crippen molar-refractivity contribution in [2.45, 2.75) is 32.1 Å². The summed E-state index contributed by atoms with van der Waals surface area (Å²) in [5.41, 5.74) is 1.91. The molecule has 4 aromatic rings. The number of hydrogen-bond acceptors (Lipinski definition) is 4. The Balaban J connectivity index is 1.49. The fourth-order valence-corrected chi connectivity index (χ4v) is 4.17. The molecule has 0 spiro atoms. The minimum Gasteiger partial charge on any atom is -0.467 e. The fraction of sp³-hybridized carbons (Fsp3) is 0.192. The maximum Gasteiger partial charge on any atom is 0.273 e. The average Bonchev–Trinajstić information content (AvgIpc) is 3.51. The van der Waals surface area contributed by atoms with Crippen LogP contribution in [0.2, 0.25) is 0 Å². The molecule has 0 radical (unpaired) electrons. The molecule has 3 heterocycles. The number of aromatic nitrogens is 2. The number of rotatable bonds is 6. The van der Waals surface area contributed by atoms with Crippen LogP contribution < -0.4 is 5.32 Å². The molecule has 0 unspecified atom stereocenters. The first-order valence-electron chi connectivity index (χ1n) is 10.8. The molecule has 1 aliphatic rings. The van der Waals surface area contributed by atoms with Gasteiger partial charge in [0.15, 0.2) is 0 Å². The second kappa shape index (κ2) is 8.43. The van der Waals surface area contributed by atoms with Gasteiger partial charge in [0, 0.05) is 12.1 Å². The minimum absolute atomic E-state index is 0.187. The van der Waals surface area contributed by atoms with Gasteiger partial charge in [-0.1, -0.05) is 60.7 Å². The molecule has 33 heavy (non-hydrogen) atoms. The lowest BCUT2D eigenvalue weighted by Gasteiger charge is -2.42. The number of amides is 2. The summed E-state index contributed by atoms with van der Waals surface area (Å²) in [6.45, 7) is 2.58. The molecular weight excluding hydrogens is 416 g/mol. The van der Waals surface area contributed by atoms with E-state index in [1.165, 1.54) is 0 Å². The van der Waals surface area contributed by atoms with Crippen LogP contribution in [-0.2, 0) is 24.4 Å². The summed E-state index contributed by atoms with van der Waals surface area (Å²) in [7, 11) is 0. The standard InChI is InChI=1S/C26H24N4O3/c1-26(25(32)27-16-19-9-4-2-5-10-19)18-30-23(15-22(28-30)20-11-6-3-7-12-20)24(31)29(26)17-21-13-8-14-33-21/h2-15H,16-18H2,1H3,(H,27,32)/t26-/m1/s1. The Labute approximate surface area is 191 Å². The number of benzene rings is 2. The third-order valence-electron chi connectivity index (χ3n) is 6.05. The summed E-state index contributed by atoms with van der Waals surface area (Å²) in [5.74, 6) is 0.111. The van der Waals surface area contributed by atoms with Gasteiger partial charge < -0.3 is 14.6 Å². The number of furan rings is 1. The van der Waals surface area contributed by atoms with Crippen LogP contribution in [0, 0.1) is 0 Å². The van der Waals surface area contributed by atoms with Crippen molar-refractivity contribution in [1.82, 2.24) is 20.0 Å². The third kappa shape index (κ3) is 3.93. The fourth-order valence-electron chi connectivity index (χ4n) is 4.17. The molecule has 7 nitrogen and oxygen atoms in total. The Morgan fingerprint density at radius 1 is 1.06 bits per heavy atom. The molecule has 0 saturated heterocycles. The summed E-state index contributed by atoms with van der Waals surface area (Å²) in [6.07, 6.45) is 1.56. The Hall–Kier alpha value is -4.13. The van der Waals surface area contributed by atoms with Crippen LogP contribution in [0.3, 0.4) is 0 Å². The Bertz CT molecular complexity index is 1270. The quantitative estimate of drug-likeness (QED) is 0.494. The van der Waals surface area contributed by atoms with Crippen LogP contribution in [0.5, 0.6) is 0 Å². The highest BCUT2D eigenvalue weighted by atomic mass is 16.3. The van der Waals surface area contributed by atoms with E-state index < -0.39 is 5.54 Å². The Morgan fingerprint density at radius 3 is 2.48 bits per heavy atom. The summed E-state index contributed by atoms with van der Waals surface area (Å²) in [6, 6.07) is 24.7. The molecule has 2 aromatic carbocycles. The van der Waals surface area contributed by atoms with E-state index in [4.69, 9.17) is 4.42 Å². The van der Waals surface area contributed by atoms with Gasteiger partial charge in [0.2, 0.25) is 5.91 Å². The van der Waals surface area contributed by atoms with Crippen LogP contribution in [0.1, 0.15) is 28.7 Å². The van der Waals surface area contributed by atoms with Gasteiger partial charge in [-0.05, 0) is 30.7 Å². The monoisotopic (exact) mass is 440 g/mol. The number of carbonyl (C=O) groups is 2. The predicted octanol–water partition coefficient (Wildman–Crippen LogP) is 3.87. The van der Waals surface area contributed by atoms with Crippen LogP contribution in [-0.4, -0.2) is 32.0 Å². The van der Waals surface area contributed by atoms with E-state index in [9.17, 15) is 9.59 Å². The van der Waals surface area contributed by atoms with Gasteiger partial charge in [0.05, 0.1) is 25.0 Å². The zero-order valence-corrected chi connectivity index (χ0v) is 18.3. The normalized spacial score (nSPS) is 17.6. The van der Waals surface area contributed by atoms with Crippen molar-refractivity contribution < 1.29 is 14.0 Å². The zero-order valence-electron chi connectivity index (χ0n) is 18.3. The third-order valence-corrected chi connectivity index (χ3v) is 6.05. The predicted molar refractivity (Wildman–Crippen MR) is 123 cm³/mol. The number of carbonyl (C=O) groups excluding carboxylic acids is 2. The lowest BCUT2D eigenvalue weighted by atomic mass is 9.94. The van der Waals surface area contributed by atoms with E-state index in [1.807, 2.05) is 60.7 Å². The van der Waals surface area contributed by atoms with Crippen molar-refractivity contribution in [1.29, 1.82) is 0 Å². The molecule has 1 atom stereocenters. The second-order valence-corrected chi connectivity index (χ2v) is 8.35. The zero-order chi connectivity index (χ0) is 22.8. The van der Waals surface area contributed by atoms with Crippen LogP contribution >= 0.6 is 0 Å². The molecule has 1 aliphatic heterocycles. The molecule has 5 rings (SSSR count). The van der Waals surface area contributed by atoms with Crippen LogP contribution in [0.15, 0.2) is 89.5 Å². The van der Waals surface area contributed by atoms with Crippen molar-refractivity contribution in [3.8, 4) is 11.3 Å². The average molecular weight is 441 g/mol. The molecule has 0 fully saturated rings. The topological polar surface area (TPSA) is 80.4 Å². The molecule has 2 aromatic heterocycles. The van der Waals surface area contributed by atoms with Gasteiger partial charge >= 0.3 is 0 Å². The van der Waals surface area contributed by atoms with Gasteiger partial charge in [-0.25, -0.2) is 0 Å². The number of fused-ring (bicyclic) bond motifs is 1. The molecule has 0 saturated carbocycles. The van der Waals surface area contributed by atoms with Crippen molar-refractivity contribution >= 4 is 11.8 Å². The molecule has 2 amide bonds. The number of nitrogens with one attached hydrogen (secondary N) is 1. The maximum atomic E-state index is 13.6. The first-order chi connectivity index (χ1) is 16.0. The van der Waals surface area contributed by atoms with Gasteiger partial charge in [0.1, 0.15) is 17.0 Å². The lowest BCUT2D eigenvalue weighted by Crippen LogP contribution is -2.63. The van der Waals surface area contributed by atoms with E-state index in [1.54, 1.807) is 41.0 Å². The molecule has 1 N–H and O–H groups in total. The minimum atomic E-state index is -1.15. The van der Waals surface area contributed by atoms with E-state index in [-0.39, 0.29) is 24.9 Å². The van der Waals surface area contributed by atoms with E-state index >= 15 is 0 Å². The molecule has 166 valence electrons. The SMILES string of the molecule is C[C@]1(C(=O)NCc2ccccc2)Cn2nc(-c3ccccc3)cc2C(=O)N1Cc1ccco1. The first kappa shape index (κ1) is 20.8. The van der Waals surface area contributed by atoms with Crippen LogP contribution in [0.4, 0.5) is 0 Å². The Morgan fingerprint density at radius 2 is 1.79 bits per heavy atom. The van der Waals surface area contributed by atoms with Crippen LogP contribution in [0.25, 0.3) is 11.3 Å². The van der Waals surface area contributed by atoms with Crippen molar-refractivity contribution in [3.05, 3.63) is 102 Å².